The first-order chi connectivity index (χ1) is 12.4. The maximum absolute atomic E-state index is 12.2. The molecule has 10 heteroatoms. The molecule has 2 rings (SSSR count). The van der Waals surface area contributed by atoms with Crippen LogP contribution in [0.1, 0.15) is 26.7 Å². The van der Waals surface area contributed by atoms with Crippen molar-refractivity contribution in [2.24, 2.45) is 0 Å². The Morgan fingerprint density at radius 3 is 2.31 bits per heavy atom. The van der Waals surface area contributed by atoms with Crippen molar-refractivity contribution in [2.45, 2.75) is 33.1 Å². The molecule has 0 unspecified atom stereocenters. The molecule has 2 N–H and O–H groups in total. The summed E-state index contributed by atoms with van der Waals surface area (Å²) in [6, 6.07) is 5.40. The van der Waals surface area contributed by atoms with Crippen LogP contribution >= 0.6 is 0 Å². The number of nitrogens with one attached hydrogen (secondary N) is 2. The Morgan fingerprint density at radius 1 is 1.00 bits per heavy atom. The minimum absolute atomic E-state index is 0.154. The molecule has 0 atom stereocenters. The van der Waals surface area contributed by atoms with Gasteiger partial charge < -0.3 is 20.1 Å². The van der Waals surface area contributed by atoms with Gasteiger partial charge in [0, 0.05) is 12.2 Å². The highest BCUT2D eigenvalue weighted by molar-refractivity contribution is 5.55. The molecule has 1 aromatic heterocycles. The molecule has 0 spiro atoms. The van der Waals surface area contributed by atoms with E-state index in [9.17, 15) is 13.2 Å². The van der Waals surface area contributed by atoms with Crippen LogP contribution in [-0.4, -0.2) is 34.5 Å². The van der Waals surface area contributed by atoms with Crippen molar-refractivity contribution in [1.82, 2.24) is 15.0 Å². The molecule has 0 fully saturated rings. The molecular weight excluding hydrogens is 351 g/mol. The lowest BCUT2D eigenvalue weighted by molar-refractivity contribution is -0.274. The van der Waals surface area contributed by atoms with Gasteiger partial charge in [-0.15, -0.1) is 13.2 Å². The lowest BCUT2D eigenvalue weighted by Gasteiger charge is -2.11. The molecule has 0 radical (unpaired) electrons. The molecule has 142 valence electrons. The van der Waals surface area contributed by atoms with Gasteiger partial charge in [0.15, 0.2) is 0 Å². The Bertz CT molecular complexity index is 695. The van der Waals surface area contributed by atoms with Gasteiger partial charge in [-0.05, 0) is 37.6 Å². The molecule has 26 heavy (non-hydrogen) atoms. The van der Waals surface area contributed by atoms with Gasteiger partial charge in [0.2, 0.25) is 11.9 Å². The molecular formula is C16H20F3N5O2. The summed E-state index contributed by atoms with van der Waals surface area (Å²) < 4.78 is 45.7. The summed E-state index contributed by atoms with van der Waals surface area (Å²) in [6.07, 6.45) is -2.75. The lowest BCUT2D eigenvalue weighted by Crippen LogP contribution is -2.17. The predicted molar refractivity (Wildman–Crippen MR) is 90.8 cm³/mol. The number of alkyl halides is 3. The Balaban J connectivity index is 2.11. The second-order valence-electron chi connectivity index (χ2n) is 5.18. The number of halogens is 3. The zero-order valence-corrected chi connectivity index (χ0v) is 14.4. The van der Waals surface area contributed by atoms with E-state index in [1.165, 1.54) is 24.3 Å². The molecule has 1 heterocycles. The maximum Gasteiger partial charge on any atom is 0.573 e. The van der Waals surface area contributed by atoms with Gasteiger partial charge >= 0.3 is 12.4 Å². The Morgan fingerprint density at radius 2 is 1.69 bits per heavy atom. The average molecular weight is 371 g/mol. The summed E-state index contributed by atoms with van der Waals surface area (Å²) in [7, 11) is 0. The predicted octanol–water partition coefficient (Wildman–Crippen LogP) is 4.12. The molecule has 2 aromatic rings. The van der Waals surface area contributed by atoms with E-state index in [4.69, 9.17) is 4.74 Å². The Labute approximate surface area is 149 Å². The maximum atomic E-state index is 12.2. The molecule has 0 saturated heterocycles. The molecule has 0 saturated carbocycles. The van der Waals surface area contributed by atoms with Crippen LogP contribution in [0.4, 0.5) is 30.8 Å². The fraction of sp³-hybridized carbons (Fsp3) is 0.438. The third-order valence-corrected chi connectivity index (χ3v) is 3.05. The van der Waals surface area contributed by atoms with Crippen molar-refractivity contribution >= 4 is 17.6 Å². The highest BCUT2D eigenvalue weighted by Gasteiger charge is 2.30. The van der Waals surface area contributed by atoms with Crippen LogP contribution in [0, 0.1) is 0 Å². The van der Waals surface area contributed by atoms with Crippen LogP contribution < -0.4 is 20.1 Å². The number of hydrogen-bond acceptors (Lipinski definition) is 7. The lowest BCUT2D eigenvalue weighted by atomic mass is 10.3. The number of ether oxygens (including phenoxy) is 2. The summed E-state index contributed by atoms with van der Waals surface area (Å²) in [5.41, 5.74) is 0.493. The minimum Gasteiger partial charge on any atom is -0.464 e. The quantitative estimate of drug-likeness (QED) is 0.642. The molecule has 1 aromatic carbocycles. The van der Waals surface area contributed by atoms with E-state index in [1.54, 1.807) is 6.92 Å². The zero-order valence-electron chi connectivity index (χ0n) is 14.4. The van der Waals surface area contributed by atoms with Crippen LogP contribution in [0.2, 0.25) is 0 Å². The molecule has 0 bridgehead atoms. The van der Waals surface area contributed by atoms with Crippen LogP contribution in [0.25, 0.3) is 0 Å². The molecule has 0 aliphatic heterocycles. The SMILES string of the molecule is CCCCNc1nc(Nc2ccc(OC(F)(F)F)cc2)nc(OCC)n1. The molecule has 0 aliphatic carbocycles. The van der Waals surface area contributed by atoms with Crippen LogP contribution in [-0.2, 0) is 0 Å². The van der Waals surface area contributed by atoms with Crippen molar-refractivity contribution in [3.05, 3.63) is 24.3 Å². The van der Waals surface area contributed by atoms with Crippen molar-refractivity contribution in [3.8, 4) is 11.8 Å². The average Bonchev–Trinajstić information content (AvgIpc) is 2.56. The van der Waals surface area contributed by atoms with Crippen molar-refractivity contribution in [1.29, 1.82) is 0 Å². The minimum atomic E-state index is -4.73. The number of hydrogen-bond donors (Lipinski definition) is 2. The molecule has 7 nitrogen and oxygen atoms in total. The smallest absolute Gasteiger partial charge is 0.464 e. The third-order valence-electron chi connectivity index (χ3n) is 3.05. The number of anilines is 3. The Hall–Kier alpha value is -2.78. The third kappa shape index (κ3) is 6.61. The number of nitrogens with zero attached hydrogens (tertiary/aromatic N) is 3. The number of rotatable bonds is 9. The number of benzene rings is 1. The molecule has 0 amide bonds. The summed E-state index contributed by atoms with van der Waals surface area (Å²) in [5, 5.41) is 5.98. The van der Waals surface area contributed by atoms with Gasteiger partial charge in [-0.2, -0.15) is 15.0 Å². The summed E-state index contributed by atoms with van der Waals surface area (Å²) in [5.74, 6) is 0.263. The Kier molecular flexibility index (Phi) is 6.81. The number of aromatic nitrogens is 3. The van der Waals surface area contributed by atoms with Crippen molar-refractivity contribution in [2.75, 3.05) is 23.8 Å². The van der Waals surface area contributed by atoms with Gasteiger partial charge in [-0.1, -0.05) is 13.3 Å². The van der Waals surface area contributed by atoms with E-state index in [0.717, 1.165) is 12.8 Å². The van der Waals surface area contributed by atoms with E-state index >= 15 is 0 Å². The van der Waals surface area contributed by atoms with E-state index in [0.29, 0.717) is 24.8 Å². The van der Waals surface area contributed by atoms with Gasteiger partial charge in [-0.25, -0.2) is 0 Å². The van der Waals surface area contributed by atoms with Crippen molar-refractivity contribution in [3.63, 3.8) is 0 Å². The van der Waals surface area contributed by atoms with Gasteiger partial charge in [0.05, 0.1) is 6.61 Å². The van der Waals surface area contributed by atoms with E-state index in [1.807, 2.05) is 0 Å². The van der Waals surface area contributed by atoms with Crippen LogP contribution in [0.15, 0.2) is 24.3 Å². The van der Waals surface area contributed by atoms with Gasteiger partial charge in [0.25, 0.3) is 0 Å². The summed E-state index contributed by atoms with van der Waals surface area (Å²) >= 11 is 0. The zero-order chi connectivity index (χ0) is 19.0. The standard InChI is InChI=1S/C16H20F3N5O2/c1-3-5-10-20-13-22-14(24-15(23-13)25-4-2)21-11-6-8-12(9-7-11)26-16(17,18)19/h6-9H,3-5,10H2,1-2H3,(H2,20,21,22,23,24). The van der Waals surface area contributed by atoms with Gasteiger partial charge in [0.1, 0.15) is 5.75 Å². The second kappa shape index (κ2) is 9.07. The van der Waals surface area contributed by atoms with Crippen molar-refractivity contribution < 1.29 is 22.6 Å². The first-order valence-corrected chi connectivity index (χ1v) is 8.15. The first kappa shape index (κ1) is 19.5. The summed E-state index contributed by atoms with van der Waals surface area (Å²) in [4.78, 5) is 12.5. The fourth-order valence-corrected chi connectivity index (χ4v) is 1.93. The normalized spacial score (nSPS) is 11.1. The van der Waals surface area contributed by atoms with E-state index < -0.39 is 6.36 Å². The first-order valence-electron chi connectivity index (χ1n) is 8.15. The summed E-state index contributed by atoms with van der Waals surface area (Å²) in [6.45, 7) is 4.97. The highest BCUT2D eigenvalue weighted by atomic mass is 19.4. The fourth-order valence-electron chi connectivity index (χ4n) is 1.93. The molecule has 0 aliphatic rings. The van der Waals surface area contributed by atoms with Crippen LogP contribution in [0.3, 0.4) is 0 Å². The van der Waals surface area contributed by atoms with Gasteiger partial charge in [-0.3, -0.25) is 0 Å². The van der Waals surface area contributed by atoms with E-state index in [-0.39, 0.29) is 17.7 Å². The topological polar surface area (TPSA) is 81.2 Å². The highest BCUT2D eigenvalue weighted by Crippen LogP contribution is 2.25. The monoisotopic (exact) mass is 371 g/mol. The second-order valence-corrected chi connectivity index (χ2v) is 5.18. The number of unbranched alkanes of at least 4 members (excludes halogenated alkanes) is 1. The van der Waals surface area contributed by atoms with E-state index in [2.05, 4.69) is 37.2 Å². The van der Waals surface area contributed by atoms with Crippen LogP contribution in [0.5, 0.6) is 11.8 Å². The largest absolute Gasteiger partial charge is 0.573 e.